The maximum absolute atomic E-state index is 13.1. The van der Waals surface area contributed by atoms with Gasteiger partial charge in [-0.2, -0.15) is 0 Å². The summed E-state index contributed by atoms with van der Waals surface area (Å²) < 4.78 is 5.44. The Labute approximate surface area is 176 Å². The Hall–Kier alpha value is -3.21. The highest BCUT2D eigenvalue weighted by Crippen LogP contribution is 2.41. The normalized spacial score (nSPS) is 15.3. The minimum Gasteiger partial charge on any atom is -0.444 e. The fourth-order valence-electron chi connectivity index (χ4n) is 3.93. The number of benzene rings is 2. The fourth-order valence-corrected chi connectivity index (χ4v) is 3.93. The molecule has 1 saturated carbocycles. The fraction of sp³-hybridized carbons (Fsp3) is 0.320. The first-order chi connectivity index (χ1) is 14.3. The van der Waals surface area contributed by atoms with Crippen LogP contribution in [-0.2, 0) is 10.3 Å². The molecule has 1 N–H and O–H groups in total. The van der Waals surface area contributed by atoms with E-state index in [4.69, 9.17) is 4.74 Å². The van der Waals surface area contributed by atoms with Crippen LogP contribution in [0.1, 0.15) is 61.5 Å². The zero-order chi connectivity index (χ0) is 21.4. The van der Waals surface area contributed by atoms with Gasteiger partial charge >= 0.3 is 6.09 Å². The molecule has 5 heteroatoms. The van der Waals surface area contributed by atoms with Crippen molar-refractivity contribution >= 4 is 22.6 Å². The van der Waals surface area contributed by atoms with Gasteiger partial charge in [0.05, 0.1) is 5.54 Å². The molecular formula is C25H26N2O3. The molecule has 0 saturated heterocycles. The number of amides is 1. The second kappa shape index (κ2) is 7.56. The molecule has 4 rings (SSSR count). The summed E-state index contributed by atoms with van der Waals surface area (Å²) >= 11 is 0. The van der Waals surface area contributed by atoms with Gasteiger partial charge < -0.3 is 10.1 Å². The van der Waals surface area contributed by atoms with Crippen molar-refractivity contribution in [3.63, 3.8) is 0 Å². The number of ether oxygens (including phenoxy) is 1. The van der Waals surface area contributed by atoms with Crippen molar-refractivity contribution in [2.24, 2.45) is 0 Å². The van der Waals surface area contributed by atoms with E-state index < -0.39 is 17.2 Å². The van der Waals surface area contributed by atoms with E-state index in [-0.39, 0.29) is 5.78 Å². The summed E-state index contributed by atoms with van der Waals surface area (Å²) in [4.78, 5) is 29.6. The number of carbonyl (C=O) groups excluding carboxylic acids is 2. The predicted molar refractivity (Wildman–Crippen MR) is 117 cm³/mol. The van der Waals surface area contributed by atoms with Gasteiger partial charge in [0, 0.05) is 28.9 Å². The average Bonchev–Trinajstić information content (AvgIpc) is 2.68. The van der Waals surface area contributed by atoms with Crippen molar-refractivity contribution in [3.8, 4) is 0 Å². The minimum absolute atomic E-state index is 0.0267. The third-order valence-corrected chi connectivity index (χ3v) is 5.57. The summed E-state index contributed by atoms with van der Waals surface area (Å²) in [5, 5.41) is 4.89. The minimum atomic E-state index is -0.542. The Morgan fingerprint density at radius 2 is 1.77 bits per heavy atom. The Morgan fingerprint density at radius 3 is 2.40 bits per heavy atom. The van der Waals surface area contributed by atoms with Gasteiger partial charge in [-0.15, -0.1) is 0 Å². The zero-order valence-electron chi connectivity index (χ0n) is 17.6. The molecule has 0 aliphatic heterocycles. The number of pyridine rings is 1. The van der Waals surface area contributed by atoms with Crippen LogP contribution in [0.4, 0.5) is 4.79 Å². The van der Waals surface area contributed by atoms with Gasteiger partial charge in [0.25, 0.3) is 0 Å². The largest absolute Gasteiger partial charge is 0.444 e. The SMILES string of the molecule is CC(C)(C)OC(=O)NC1(c2ccc(C(=O)c3cccc4cnccc34)cc2)CCC1. The van der Waals surface area contributed by atoms with E-state index in [1.54, 1.807) is 12.4 Å². The topological polar surface area (TPSA) is 68.3 Å². The number of carbonyl (C=O) groups is 2. The third-order valence-electron chi connectivity index (χ3n) is 5.57. The Kier molecular flexibility index (Phi) is 5.06. The van der Waals surface area contributed by atoms with E-state index >= 15 is 0 Å². The number of ketones is 1. The molecule has 1 aromatic heterocycles. The summed E-state index contributed by atoms with van der Waals surface area (Å²) in [5.41, 5.74) is 1.31. The molecule has 0 bridgehead atoms. The summed E-state index contributed by atoms with van der Waals surface area (Å²) in [7, 11) is 0. The molecule has 0 spiro atoms. The lowest BCUT2D eigenvalue weighted by Crippen LogP contribution is -2.52. The van der Waals surface area contributed by atoms with E-state index in [1.165, 1.54) is 0 Å². The number of rotatable bonds is 4. The highest BCUT2D eigenvalue weighted by Gasteiger charge is 2.41. The highest BCUT2D eigenvalue weighted by atomic mass is 16.6. The number of hydrogen-bond donors (Lipinski definition) is 1. The van der Waals surface area contributed by atoms with E-state index in [2.05, 4.69) is 10.3 Å². The molecule has 1 heterocycles. The van der Waals surface area contributed by atoms with Crippen LogP contribution in [0.3, 0.4) is 0 Å². The number of alkyl carbamates (subject to hydrolysis) is 1. The van der Waals surface area contributed by atoms with Crippen LogP contribution in [0.5, 0.6) is 0 Å². The van der Waals surface area contributed by atoms with Crippen molar-refractivity contribution in [1.82, 2.24) is 10.3 Å². The van der Waals surface area contributed by atoms with Gasteiger partial charge in [0.15, 0.2) is 5.78 Å². The van der Waals surface area contributed by atoms with Gasteiger partial charge in [-0.3, -0.25) is 9.78 Å². The highest BCUT2D eigenvalue weighted by molar-refractivity contribution is 6.16. The van der Waals surface area contributed by atoms with Crippen LogP contribution in [0, 0.1) is 0 Å². The maximum Gasteiger partial charge on any atom is 0.408 e. The monoisotopic (exact) mass is 402 g/mol. The molecule has 0 atom stereocenters. The van der Waals surface area contributed by atoms with Crippen LogP contribution >= 0.6 is 0 Å². The smallest absolute Gasteiger partial charge is 0.408 e. The van der Waals surface area contributed by atoms with E-state index in [0.717, 1.165) is 35.6 Å². The number of nitrogens with one attached hydrogen (secondary N) is 1. The second-order valence-corrected chi connectivity index (χ2v) is 8.87. The van der Waals surface area contributed by atoms with Crippen molar-refractivity contribution in [2.45, 2.75) is 51.2 Å². The lowest BCUT2D eigenvalue weighted by molar-refractivity contribution is 0.0377. The van der Waals surface area contributed by atoms with E-state index in [1.807, 2.05) is 69.3 Å². The Morgan fingerprint density at radius 1 is 1.03 bits per heavy atom. The molecule has 5 nitrogen and oxygen atoms in total. The summed E-state index contributed by atoms with van der Waals surface area (Å²) in [6.07, 6.45) is 5.81. The van der Waals surface area contributed by atoms with Crippen LogP contribution in [-0.4, -0.2) is 22.5 Å². The van der Waals surface area contributed by atoms with Crippen molar-refractivity contribution in [3.05, 3.63) is 77.6 Å². The van der Waals surface area contributed by atoms with Gasteiger partial charge in [-0.25, -0.2) is 4.79 Å². The molecule has 1 amide bonds. The standard InChI is InChI=1S/C25H26N2O3/c1-24(2,3)30-23(29)27-25(13-5-14-25)19-10-8-17(9-11-19)22(28)21-7-4-6-18-16-26-15-12-20(18)21/h4,6-12,15-16H,5,13-14H2,1-3H3,(H,27,29). The maximum atomic E-state index is 13.1. The zero-order valence-corrected chi connectivity index (χ0v) is 17.6. The van der Waals surface area contributed by atoms with Crippen LogP contribution in [0.2, 0.25) is 0 Å². The van der Waals surface area contributed by atoms with Crippen molar-refractivity contribution in [2.75, 3.05) is 0 Å². The average molecular weight is 402 g/mol. The molecule has 0 radical (unpaired) electrons. The van der Waals surface area contributed by atoms with Crippen LogP contribution in [0.15, 0.2) is 60.9 Å². The molecule has 154 valence electrons. The Bertz CT molecular complexity index is 1090. The first-order valence-corrected chi connectivity index (χ1v) is 10.3. The molecule has 2 aromatic carbocycles. The number of aromatic nitrogens is 1. The molecule has 3 aromatic rings. The quantitative estimate of drug-likeness (QED) is 0.596. The Balaban J connectivity index is 1.57. The van der Waals surface area contributed by atoms with Crippen molar-refractivity contribution < 1.29 is 14.3 Å². The lowest BCUT2D eigenvalue weighted by atomic mass is 9.71. The van der Waals surface area contributed by atoms with Gasteiger partial charge in [0.2, 0.25) is 0 Å². The van der Waals surface area contributed by atoms with E-state index in [0.29, 0.717) is 11.1 Å². The predicted octanol–water partition coefficient (Wildman–Crippen LogP) is 5.37. The number of fused-ring (bicyclic) bond motifs is 1. The first-order valence-electron chi connectivity index (χ1n) is 10.3. The number of nitrogens with zero attached hydrogens (tertiary/aromatic N) is 1. The van der Waals surface area contributed by atoms with Gasteiger partial charge in [0.1, 0.15) is 5.60 Å². The molecule has 1 fully saturated rings. The van der Waals surface area contributed by atoms with Gasteiger partial charge in [-0.1, -0.05) is 42.5 Å². The molecule has 0 unspecified atom stereocenters. The summed E-state index contributed by atoms with van der Waals surface area (Å²) in [6.45, 7) is 5.55. The van der Waals surface area contributed by atoms with Crippen LogP contribution in [0.25, 0.3) is 10.8 Å². The second-order valence-electron chi connectivity index (χ2n) is 8.87. The molecule has 30 heavy (non-hydrogen) atoms. The summed E-state index contributed by atoms with van der Waals surface area (Å²) in [5.74, 6) is -0.0267. The van der Waals surface area contributed by atoms with Crippen molar-refractivity contribution in [1.29, 1.82) is 0 Å². The lowest BCUT2D eigenvalue weighted by Gasteiger charge is -2.43. The van der Waals surface area contributed by atoms with Gasteiger partial charge in [-0.05, 0) is 57.0 Å². The molecule has 1 aliphatic carbocycles. The number of hydrogen-bond acceptors (Lipinski definition) is 4. The summed E-state index contributed by atoms with van der Waals surface area (Å²) in [6, 6.07) is 15.1. The first kappa shape index (κ1) is 20.1. The molecular weight excluding hydrogens is 376 g/mol. The third kappa shape index (κ3) is 3.92. The van der Waals surface area contributed by atoms with Crippen LogP contribution < -0.4 is 5.32 Å². The van der Waals surface area contributed by atoms with E-state index in [9.17, 15) is 9.59 Å². The molecule has 1 aliphatic rings.